The highest BCUT2D eigenvalue weighted by Crippen LogP contribution is 2.32. The second-order valence-corrected chi connectivity index (χ2v) is 11.4. The van der Waals surface area contributed by atoms with Crippen molar-refractivity contribution < 1.29 is 47.6 Å². The van der Waals surface area contributed by atoms with Crippen LogP contribution in [0, 0.1) is 23.7 Å². The summed E-state index contributed by atoms with van der Waals surface area (Å²) >= 11 is 0. The molecule has 2 unspecified atom stereocenters. The molecule has 2 N–H and O–H groups in total. The molecule has 0 saturated heterocycles. The van der Waals surface area contributed by atoms with Crippen LogP contribution in [0.25, 0.3) is 0 Å². The van der Waals surface area contributed by atoms with Gasteiger partial charge in [0.25, 0.3) is 0 Å². The summed E-state index contributed by atoms with van der Waals surface area (Å²) in [5.74, 6) is -1.48. The van der Waals surface area contributed by atoms with Crippen LogP contribution in [0.2, 0.25) is 0 Å². The molecule has 0 amide bonds. The van der Waals surface area contributed by atoms with E-state index in [0.29, 0.717) is 5.56 Å². The molecule has 0 aliphatic heterocycles. The van der Waals surface area contributed by atoms with Gasteiger partial charge in [-0.1, -0.05) is 54.5 Å². The van der Waals surface area contributed by atoms with Gasteiger partial charge in [0.15, 0.2) is 11.5 Å². The lowest BCUT2D eigenvalue weighted by atomic mass is 9.88. The third kappa shape index (κ3) is 11.6. The molecule has 1 rings (SSSR count). The minimum Gasteiger partial charge on any atom is -0.468 e. The van der Waals surface area contributed by atoms with E-state index < -0.39 is 42.0 Å². The molecule has 41 heavy (non-hydrogen) atoms. The van der Waals surface area contributed by atoms with Gasteiger partial charge in [0.1, 0.15) is 17.7 Å². The maximum atomic E-state index is 12.7. The van der Waals surface area contributed by atoms with E-state index in [0.717, 1.165) is 0 Å². The summed E-state index contributed by atoms with van der Waals surface area (Å²) in [5, 5.41) is 0. The standard InChI is InChI=1S/C30H47NO10/c1-17(2)20(7)26(32)37-14-13-30(31,27(33)36-10)16-23-11-12-24(40-28(34)38-21(8)18(3)4)25(15-23)41-29(35)39-22(9)19(5)6/h11-12,15,17-22H,13-14,16,31H2,1-10H3/t20?,21-,22?,30+/m0/s1. The van der Waals surface area contributed by atoms with Crippen molar-refractivity contribution in [1.82, 2.24) is 0 Å². The summed E-state index contributed by atoms with van der Waals surface area (Å²) in [6, 6.07) is 4.36. The average Bonchev–Trinajstić information content (AvgIpc) is 2.88. The molecule has 1 aromatic carbocycles. The zero-order valence-corrected chi connectivity index (χ0v) is 26.0. The number of benzene rings is 1. The van der Waals surface area contributed by atoms with E-state index in [4.69, 9.17) is 34.2 Å². The number of esters is 2. The fraction of sp³-hybridized carbons (Fsp3) is 0.667. The maximum absolute atomic E-state index is 12.7. The van der Waals surface area contributed by atoms with Gasteiger partial charge in [-0.05, 0) is 49.3 Å². The maximum Gasteiger partial charge on any atom is 0.514 e. The molecule has 11 nitrogen and oxygen atoms in total. The third-order valence-corrected chi connectivity index (χ3v) is 7.11. The summed E-state index contributed by atoms with van der Waals surface area (Å²) in [6.45, 7) is 16.5. The Morgan fingerprint density at radius 3 is 1.76 bits per heavy atom. The quantitative estimate of drug-likeness (QED) is 0.170. The highest BCUT2D eigenvalue weighted by atomic mass is 16.8. The first-order valence-corrected chi connectivity index (χ1v) is 13.9. The Balaban J connectivity index is 3.24. The van der Waals surface area contributed by atoms with Crippen LogP contribution in [-0.2, 0) is 35.0 Å². The molecule has 0 heterocycles. The van der Waals surface area contributed by atoms with Crippen molar-refractivity contribution in [3.63, 3.8) is 0 Å². The number of ether oxygens (including phenoxy) is 6. The van der Waals surface area contributed by atoms with Gasteiger partial charge in [-0.3, -0.25) is 9.59 Å². The van der Waals surface area contributed by atoms with Crippen molar-refractivity contribution in [3.8, 4) is 11.5 Å². The molecule has 0 radical (unpaired) electrons. The minimum absolute atomic E-state index is 0.0297. The van der Waals surface area contributed by atoms with Crippen LogP contribution in [0.4, 0.5) is 9.59 Å². The van der Waals surface area contributed by atoms with E-state index in [9.17, 15) is 19.2 Å². The number of methoxy groups -OCH3 is 1. The van der Waals surface area contributed by atoms with Crippen molar-refractivity contribution in [3.05, 3.63) is 23.8 Å². The lowest BCUT2D eigenvalue weighted by molar-refractivity contribution is -0.153. The van der Waals surface area contributed by atoms with Crippen LogP contribution in [0.5, 0.6) is 11.5 Å². The minimum atomic E-state index is -1.58. The molecule has 0 fully saturated rings. The normalized spacial score (nSPS) is 15.0. The Hall–Kier alpha value is -3.34. The lowest BCUT2D eigenvalue weighted by Crippen LogP contribution is -2.51. The smallest absolute Gasteiger partial charge is 0.468 e. The van der Waals surface area contributed by atoms with Gasteiger partial charge in [-0.25, -0.2) is 9.59 Å². The Kier molecular flexibility index (Phi) is 14.1. The number of carbonyl (C=O) groups is 4. The molecule has 4 atom stereocenters. The second kappa shape index (κ2) is 16.2. The first-order valence-electron chi connectivity index (χ1n) is 13.9. The highest BCUT2D eigenvalue weighted by Gasteiger charge is 2.36. The van der Waals surface area contributed by atoms with E-state index >= 15 is 0 Å². The lowest BCUT2D eigenvalue weighted by Gasteiger charge is -2.27. The molecule has 0 aliphatic carbocycles. The summed E-state index contributed by atoms with van der Waals surface area (Å²) < 4.78 is 31.6. The molecule has 0 aromatic heterocycles. The van der Waals surface area contributed by atoms with E-state index in [1.165, 1.54) is 19.2 Å². The largest absolute Gasteiger partial charge is 0.514 e. The molecule has 0 bridgehead atoms. The molecule has 0 saturated carbocycles. The van der Waals surface area contributed by atoms with Crippen molar-refractivity contribution in [1.29, 1.82) is 0 Å². The van der Waals surface area contributed by atoms with Gasteiger partial charge in [0.05, 0.1) is 19.6 Å². The molecule has 1 aromatic rings. The molecule has 11 heteroatoms. The molecule has 232 valence electrons. The van der Waals surface area contributed by atoms with Crippen LogP contribution < -0.4 is 15.2 Å². The van der Waals surface area contributed by atoms with Gasteiger partial charge in [-0.2, -0.15) is 0 Å². The fourth-order valence-corrected chi connectivity index (χ4v) is 3.20. The highest BCUT2D eigenvalue weighted by molar-refractivity contribution is 5.81. The van der Waals surface area contributed by atoms with Crippen molar-refractivity contribution in [2.24, 2.45) is 29.4 Å². The van der Waals surface area contributed by atoms with Gasteiger partial charge in [0.2, 0.25) is 0 Å². The summed E-state index contributed by atoms with van der Waals surface area (Å²) in [7, 11) is 1.21. The molecule has 0 aliphatic rings. The van der Waals surface area contributed by atoms with E-state index in [1.54, 1.807) is 26.8 Å². The Morgan fingerprint density at radius 2 is 1.29 bits per heavy atom. The number of carbonyl (C=O) groups excluding carboxylic acids is 4. The van der Waals surface area contributed by atoms with Crippen molar-refractivity contribution >= 4 is 24.2 Å². The van der Waals surface area contributed by atoms with Crippen molar-refractivity contribution in [2.45, 2.75) is 92.9 Å². The Bertz CT molecular complexity index is 1040. The predicted molar refractivity (Wildman–Crippen MR) is 151 cm³/mol. The molecular weight excluding hydrogens is 534 g/mol. The van der Waals surface area contributed by atoms with Gasteiger partial charge in [0, 0.05) is 12.8 Å². The number of nitrogens with two attached hydrogens (primary N) is 1. The number of hydrogen-bond acceptors (Lipinski definition) is 11. The molecular formula is C30H47NO10. The first kappa shape index (κ1) is 35.7. The topological polar surface area (TPSA) is 150 Å². The van der Waals surface area contributed by atoms with Gasteiger partial charge < -0.3 is 34.2 Å². The summed E-state index contributed by atoms with van der Waals surface area (Å²) in [4.78, 5) is 49.9. The zero-order chi connectivity index (χ0) is 31.5. The predicted octanol–water partition coefficient (Wildman–Crippen LogP) is 5.44. The van der Waals surface area contributed by atoms with Gasteiger partial charge in [-0.15, -0.1) is 0 Å². The van der Waals surface area contributed by atoms with Crippen molar-refractivity contribution in [2.75, 3.05) is 13.7 Å². The van der Waals surface area contributed by atoms with E-state index in [-0.39, 0.29) is 54.6 Å². The average molecular weight is 582 g/mol. The zero-order valence-electron chi connectivity index (χ0n) is 26.0. The van der Waals surface area contributed by atoms with Crippen LogP contribution in [-0.4, -0.2) is 55.7 Å². The Labute approximate surface area is 243 Å². The number of rotatable bonds is 14. The third-order valence-electron chi connectivity index (χ3n) is 7.11. The monoisotopic (exact) mass is 581 g/mol. The van der Waals surface area contributed by atoms with E-state index in [2.05, 4.69) is 0 Å². The molecule has 0 spiro atoms. The Morgan fingerprint density at radius 1 is 0.780 bits per heavy atom. The van der Waals surface area contributed by atoms with Crippen LogP contribution >= 0.6 is 0 Å². The van der Waals surface area contributed by atoms with Gasteiger partial charge >= 0.3 is 24.2 Å². The van der Waals surface area contributed by atoms with Crippen LogP contribution in [0.1, 0.15) is 74.3 Å². The summed E-state index contributed by atoms with van der Waals surface area (Å²) in [5.41, 5.74) is 5.33. The second-order valence-electron chi connectivity index (χ2n) is 11.4. The van der Waals surface area contributed by atoms with Crippen LogP contribution in [0.15, 0.2) is 18.2 Å². The first-order chi connectivity index (χ1) is 19.0. The SMILES string of the molecule is COC(=O)[C@@](N)(CCOC(=O)C(C)C(C)C)Cc1ccc(OC(=O)O[C@@H](C)C(C)C)c(OC(=O)OC(C)C(C)C)c1. The van der Waals surface area contributed by atoms with E-state index in [1.807, 2.05) is 41.5 Å². The van der Waals surface area contributed by atoms with Crippen LogP contribution in [0.3, 0.4) is 0 Å². The number of hydrogen-bond donors (Lipinski definition) is 1. The fourth-order valence-electron chi connectivity index (χ4n) is 3.20. The summed E-state index contributed by atoms with van der Waals surface area (Å²) in [6.07, 6.45) is -2.94.